The van der Waals surface area contributed by atoms with Gasteiger partial charge in [-0.2, -0.15) is 0 Å². The number of aromatic nitrogens is 2. The van der Waals surface area contributed by atoms with Gasteiger partial charge in [-0.1, -0.05) is 69.0 Å². The second kappa shape index (κ2) is 11.5. The number of fused-ring (bicyclic) bond motifs is 1. The van der Waals surface area contributed by atoms with Crippen molar-refractivity contribution in [1.82, 2.24) is 20.2 Å². The minimum absolute atomic E-state index is 0.0915. The van der Waals surface area contributed by atoms with Crippen LogP contribution in [0.25, 0.3) is 28.0 Å². The number of methoxy groups -OCH3 is 1. The number of allylic oxidation sites excluding steroid dienone is 3. The summed E-state index contributed by atoms with van der Waals surface area (Å²) in [5, 5.41) is 2.49. The number of amides is 2. The Labute approximate surface area is 236 Å². The number of carbonyl (C=O) groups is 2. The van der Waals surface area contributed by atoms with Crippen molar-refractivity contribution in [3.8, 4) is 22.4 Å². The summed E-state index contributed by atoms with van der Waals surface area (Å²) >= 11 is 0. The maximum atomic E-state index is 12.8. The lowest BCUT2D eigenvalue weighted by molar-refractivity contribution is -0.131. The van der Waals surface area contributed by atoms with Gasteiger partial charge in [-0.15, -0.1) is 0 Å². The number of carbonyl (C=O) groups excluding carboxylic acids is 2. The van der Waals surface area contributed by atoms with Crippen molar-refractivity contribution in [2.75, 3.05) is 20.2 Å². The zero-order valence-electron chi connectivity index (χ0n) is 23.8. The summed E-state index contributed by atoms with van der Waals surface area (Å²) < 4.78 is 4.60. The number of likely N-dealkylation sites (tertiary alicyclic amines) is 1. The first kappa shape index (κ1) is 27.4. The topological polar surface area (TPSA) is 87.3 Å². The highest BCUT2D eigenvalue weighted by atomic mass is 16.5. The highest BCUT2D eigenvalue weighted by Crippen LogP contribution is 2.50. The second-order valence-corrected chi connectivity index (χ2v) is 10.8. The number of hydrogen-bond donors (Lipinski definition) is 2. The summed E-state index contributed by atoms with van der Waals surface area (Å²) in [6.07, 6.45) is 8.09. The smallest absolute Gasteiger partial charge is 0.407 e. The molecular weight excluding hydrogens is 500 g/mol. The number of aromatic amines is 1. The molecule has 7 nitrogen and oxygen atoms in total. The predicted molar refractivity (Wildman–Crippen MR) is 159 cm³/mol. The third-order valence-corrected chi connectivity index (χ3v) is 8.38. The van der Waals surface area contributed by atoms with Gasteiger partial charge in [-0.05, 0) is 71.4 Å². The van der Waals surface area contributed by atoms with Gasteiger partial charge < -0.3 is 19.9 Å². The Balaban J connectivity index is 1.45. The predicted octanol–water partition coefficient (Wildman–Crippen LogP) is 6.96. The molecule has 40 heavy (non-hydrogen) atoms. The van der Waals surface area contributed by atoms with E-state index in [2.05, 4.69) is 77.9 Å². The second-order valence-electron chi connectivity index (χ2n) is 10.8. The van der Waals surface area contributed by atoms with E-state index in [1.807, 2.05) is 19.2 Å². The Kier molecular flexibility index (Phi) is 7.92. The molecule has 7 heteroatoms. The molecule has 0 radical (unpaired) electrons. The molecule has 5 rings (SSSR count). The van der Waals surface area contributed by atoms with E-state index in [4.69, 9.17) is 4.98 Å². The Morgan fingerprint density at radius 1 is 1.12 bits per heavy atom. The van der Waals surface area contributed by atoms with E-state index in [0.717, 1.165) is 36.4 Å². The van der Waals surface area contributed by atoms with Crippen LogP contribution in [0.15, 0.2) is 61.3 Å². The standard InChI is InChI=1S/C33H38N4O3/c1-6-22(7-2)23-10-12-24(13-11-23)25-14-15-26(31-21(4)17-20(3)30(25)31)27-18-34-32(36-27)28-9-8-16-37(28)29(38)19-35-33(39)40-5/h6-7,10-15,18,20-21,28H,1,8-9,16-17,19H2,2-5H3,(H,34,36)(H,35,39)/b22-7+. The number of nitrogens with zero attached hydrogens (tertiary/aromatic N) is 2. The molecule has 1 aromatic heterocycles. The number of benzene rings is 2. The van der Waals surface area contributed by atoms with Gasteiger partial charge >= 0.3 is 6.09 Å². The van der Waals surface area contributed by atoms with Crippen molar-refractivity contribution < 1.29 is 14.3 Å². The molecule has 0 spiro atoms. The van der Waals surface area contributed by atoms with Crippen LogP contribution in [0.5, 0.6) is 0 Å². The number of ether oxygens (including phenoxy) is 1. The lowest BCUT2D eigenvalue weighted by Gasteiger charge is -2.23. The lowest BCUT2D eigenvalue weighted by Crippen LogP contribution is -2.40. The molecule has 1 aliphatic carbocycles. The fourth-order valence-electron chi connectivity index (χ4n) is 6.51. The van der Waals surface area contributed by atoms with Crippen LogP contribution < -0.4 is 5.32 Å². The minimum Gasteiger partial charge on any atom is -0.453 e. The number of imidazole rings is 1. The third kappa shape index (κ3) is 5.08. The van der Waals surface area contributed by atoms with Gasteiger partial charge in [0.25, 0.3) is 0 Å². The number of rotatable bonds is 7. The zero-order valence-corrected chi connectivity index (χ0v) is 23.8. The summed E-state index contributed by atoms with van der Waals surface area (Å²) in [7, 11) is 1.28. The van der Waals surface area contributed by atoms with Gasteiger partial charge in [0, 0.05) is 12.1 Å². The van der Waals surface area contributed by atoms with Crippen molar-refractivity contribution in [3.63, 3.8) is 0 Å². The average Bonchev–Trinajstić information content (AvgIpc) is 3.72. The first-order valence-corrected chi connectivity index (χ1v) is 14.1. The van der Waals surface area contributed by atoms with Crippen molar-refractivity contribution in [3.05, 3.63) is 83.8 Å². The van der Waals surface area contributed by atoms with Gasteiger partial charge in [-0.3, -0.25) is 4.79 Å². The highest BCUT2D eigenvalue weighted by molar-refractivity contribution is 5.83. The third-order valence-electron chi connectivity index (χ3n) is 8.38. The molecule has 3 atom stereocenters. The number of hydrogen-bond acceptors (Lipinski definition) is 4. The molecule has 1 aliphatic heterocycles. The van der Waals surface area contributed by atoms with Gasteiger partial charge in [-0.25, -0.2) is 9.78 Å². The molecule has 3 aromatic rings. The molecule has 208 valence electrons. The van der Waals surface area contributed by atoms with E-state index in [-0.39, 0.29) is 18.5 Å². The van der Waals surface area contributed by atoms with Crippen LogP contribution in [0.4, 0.5) is 4.79 Å². The van der Waals surface area contributed by atoms with E-state index in [0.29, 0.717) is 18.4 Å². The van der Waals surface area contributed by atoms with Gasteiger partial charge in [0.15, 0.2) is 0 Å². The van der Waals surface area contributed by atoms with Crippen molar-refractivity contribution >= 4 is 17.6 Å². The zero-order chi connectivity index (χ0) is 28.4. The summed E-state index contributed by atoms with van der Waals surface area (Å²) in [5.74, 6) is 1.52. The quantitative estimate of drug-likeness (QED) is 0.318. The monoisotopic (exact) mass is 538 g/mol. The normalized spacial score (nSPS) is 20.4. The first-order chi connectivity index (χ1) is 19.4. The fourth-order valence-corrected chi connectivity index (χ4v) is 6.51. The molecule has 2 aliphatic rings. The van der Waals surface area contributed by atoms with Gasteiger partial charge in [0.2, 0.25) is 5.91 Å². The number of nitrogens with one attached hydrogen (secondary N) is 2. The molecule has 0 bridgehead atoms. The molecule has 1 saturated heterocycles. The van der Waals surface area contributed by atoms with Crippen LogP contribution in [0.2, 0.25) is 0 Å². The number of H-pyrrole nitrogens is 1. The fraction of sp³-hybridized carbons (Fsp3) is 0.364. The Hall–Kier alpha value is -4.13. The van der Waals surface area contributed by atoms with E-state index < -0.39 is 6.09 Å². The van der Waals surface area contributed by atoms with Crippen molar-refractivity contribution in [1.29, 1.82) is 0 Å². The van der Waals surface area contributed by atoms with Gasteiger partial charge in [0.05, 0.1) is 25.0 Å². The van der Waals surface area contributed by atoms with E-state index in [1.54, 1.807) is 4.90 Å². The molecule has 3 unspecified atom stereocenters. The summed E-state index contributed by atoms with van der Waals surface area (Å²) in [4.78, 5) is 34.4. The summed E-state index contributed by atoms with van der Waals surface area (Å²) in [6.45, 7) is 11.1. The van der Waals surface area contributed by atoms with E-state index in [9.17, 15) is 9.59 Å². The van der Waals surface area contributed by atoms with Gasteiger partial charge in [0.1, 0.15) is 12.4 Å². The van der Waals surface area contributed by atoms with Crippen LogP contribution in [-0.4, -0.2) is 47.1 Å². The number of alkyl carbamates (subject to hydrolysis) is 1. The van der Waals surface area contributed by atoms with Crippen LogP contribution in [-0.2, 0) is 9.53 Å². The maximum Gasteiger partial charge on any atom is 0.407 e. The van der Waals surface area contributed by atoms with E-state index in [1.165, 1.54) is 40.5 Å². The summed E-state index contributed by atoms with van der Waals surface area (Å²) in [6, 6.07) is 13.1. The molecule has 2 amide bonds. The SMILES string of the molecule is C=C/C(=C\C)c1ccc(-c2ccc(-c3cnc(C4CCCN4C(=O)CNC(=O)OC)[nH]3)c3c2C(C)CC3C)cc1. The summed E-state index contributed by atoms with van der Waals surface area (Å²) in [5.41, 5.74) is 9.75. The van der Waals surface area contributed by atoms with Crippen LogP contribution in [0.1, 0.15) is 80.4 Å². The molecule has 2 heterocycles. The van der Waals surface area contributed by atoms with Crippen molar-refractivity contribution in [2.45, 2.75) is 57.9 Å². The molecule has 1 fully saturated rings. The van der Waals surface area contributed by atoms with Crippen molar-refractivity contribution in [2.24, 2.45) is 0 Å². The molecular formula is C33H38N4O3. The largest absolute Gasteiger partial charge is 0.453 e. The highest BCUT2D eigenvalue weighted by Gasteiger charge is 2.34. The Bertz CT molecular complexity index is 1450. The van der Waals surface area contributed by atoms with Crippen LogP contribution in [0.3, 0.4) is 0 Å². The Morgan fingerprint density at radius 3 is 2.50 bits per heavy atom. The Morgan fingerprint density at radius 2 is 1.82 bits per heavy atom. The van der Waals surface area contributed by atoms with Crippen LogP contribution in [0, 0.1) is 0 Å². The molecule has 0 saturated carbocycles. The molecule has 2 N–H and O–H groups in total. The minimum atomic E-state index is -0.611. The first-order valence-electron chi connectivity index (χ1n) is 14.1. The average molecular weight is 539 g/mol. The molecule has 2 aromatic carbocycles. The van der Waals surface area contributed by atoms with Crippen LogP contribution >= 0.6 is 0 Å². The lowest BCUT2D eigenvalue weighted by atomic mass is 9.88. The van der Waals surface area contributed by atoms with E-state index >= 15 is 0 Å². The maximum absolute atomic E-state index is 12.8.